The summed E-state index contributed by atoms with van der Waals surface area (Å²) in [4.78, 5) is 12.5. The number of hydrogen-bond acceptors (Lipinski definition) is 6. The molecule has 2 aromatic carbocycles. The molecule has 0 radical (unpaired) electrons. The predicted molar refractivity (Wildman–Crippen MR) is 99.4 cm³/mol. The van der Waals surface area contributed by atoms with E-state index in [1.54, 1.807) is 11.8 Å². The Labute approximate surface area is 148 Å². The third kappa shape index (κ3) is 3.91. The van der Waals surface area contributed by atoms with Crippen molar-refractivity contribution in [1.29, 1.82) is 0 Å². The van der Waals surface area contributed by atoms with E-state index >= 15 is 0 Å². The molecule has 1 heterocycles. The molecule has 1 amide bonds. The minimum atomic E-state index is -0.341. The Morgan fingerprint density at radius 1 is 1.21 bits per heavy atom. The lowest BCUT2D eigenvalue weighted by molar-refractivity contribution is -0.115. The summed E-state index contributed by atoms with van der Waals surface area (Å²) in [5.74, 6) is 1.15. The largest absolute Gasteiger partial charge is 0.415 e. The molecule has 1 unspecified atom stereocenters. The lowest BCUT2D eigenvalue weighted by Crippen LogP contribution is -2.22. The number of amides is 1. The van der Waals surface area contributed by atoms with Crippen LogP contribution in [0.1, 0.15) is 12.8 Å². The topological polar surface area (TPSA) is 68.0 Å². The summed E-state index contributed by atoms with van der Waals surface area (Å²) in [5, 5.41) is 13.1. The van der Waals surface area contributed by atoms with Gasteiger partial charge in [0.05, 0.1) is 11.0 Å². The molecule has 0 aliphatic rings. The molecule has 5 nitrogen and oxygen atoms in total. The van der Waals surface area contributed by atoms with Crippen molar-refractivity contribution < 1.29 is 9.21 Å². The van der Waals surface area contributed by atoms with Gasteiger partial charge in [-0.1, -0.05) is 48.2 Å². The number of nitrogens with zero attached hydrogens (tertiary/aromatic N) is 2. The highest BCUT2D eigenvalue weighted by Crippen LogP contribution is 2.26. The Balaban J connectivity index is 1.69. The number of anilines is 1. The molecule has 1 N–H and O–H groups in total. The number of hydrogen-bond donors (Lipinski definition) is 1. The summed E-state index contributed by atoms with van der Waals surface area (Å²) in [6.07, 6.45) is 1.97. The van der Waals surface area contributed by atoms with Gasteiger partial charge >= 0.3 is 0 Å². The van der Waals surface area contributed by atoms with Gasteiger partial charge in [-0.05, 0) is 24.6 Å². The lowest BCUT2D eigenvalue weighted by atomic mass is 10.1. The van der Waals surface area contributed by atoms with Gasteiger partial charge in [-0.25, -0.2) is 0 Å². The molecule has 3 aromatic rings. The Bertz CT molecular complexity index is 845. The van der Waals surface area contributed by atoms with E-state index < -0.39 is 0 Å². The van der Waals surface area contributed by atoms with Crippen molar-refractivity contribution in [3.8, 4) is 0 Å². The van der Waals surface area contributed by atoms with Gasteiger partial charge in [-0.3, -0.25) is 4.79 Å². The number of thioether (sulfide) groups is 2. The van der Waals surface area contributed by atoms with Gasteiger partial charge in [-0.2, -0.15) is 11.8 Å². The zero-order chi connectivity index (χ0) is 16.9. The number of nitrogens with one attached hydrogen (secondary N) is 1. The third-order valence-corrected chi connectivity index (χ3v) is 4.88. The average molecular weight is 359 g/mol. The van der Waals surface area contributed by atoms with Crippen molar-refractivity contribution in [2.24, 2.45) is 0 Å². The highest BCUT2D eigenvalue weighted by Gasteiger charge is 2.19. The molecule has 0 saturated carbocycles. The molecule has 0 bridgehead atoms. The monoisotopic (exact) mass is 359 g/mol. The highest BCUT2D eigenvalue weighted by molar-refractivity contribution is 8.00. The maximum Gasteiger partial charge on any atom is 0.277 e. The summed E-state index contributed by atoms with van der Waals surface area (Å²) < 4.78 is 5.51. The summed E-state index contributed by atoms with van der Waals surface area (Å²) in [6.45, 7) is 1.82. The second kappa shape index (κ2) is 7.72. The molecule has 0 aliphatic carbocycles. The first-order valence-electron chi connectivity index (χ1n) is 7.44. The van der Waals surface area contributed by atoms with Gasteiger partial charge in [0.2, 0.25) is 11.8 Å². The molecule has 3 rings (SSSR count). The van der Waals surface area contributed by atoms with Crippen molar-refractivity contribution in [2.75, 3.05) is 11.6 Å². The highest BCUT2D eigenvalue weighted by atomic mass is 32.2. The normalized spacial score (nSPS) is 12.2. The summed E-state index contributed by atoms with van der Waals surface area (Å²) in [6, 6.07) is 13.8. The van der Waals surface area contributed by atoms with E-state index in [9.17, 15) is 4.79 Å². The van der Waals surface area contributed by atoms with E-state index in [2.05, 4.69) is 15.5 Å². The Hall–Kier alpha value is -1.99. The summed E-state index contributed by atoms with van der Waals surface area (Å²) >= 11 is 2.87. The van der Waals surface area contributed by atoms with Crippen LogP contribution in [0.5, 0.6) is 0 Å². The smallest absolute Gasteiger partial charge is 0.277 e. The Morgan fingerprint density at radius 3 is 2.83 bits per heavy atom. The van der Waals surface area contributed by atoms with Crippen molar-refractivity contribution in [3.05, 3.63) is 48.4 Å². The van der Waals surface area contributed by atoms with Crippen LogP contribution in [0.25, 0.3) is 10.8 Å². The van der Waals surface area contributed by atoms with Crippen molar-refractivity contribution >= 4 is 45.9 Å². The fourth-order valence-corrected chi connectivity index (χ4v) is 3.31. The number of aromatic nitrogens is 2. The van der Waals surface area contributed by atoms with E-state index in [1.807, 2.05) is 55.6 Å². The molecule has 0 aliphatic heterocycles. The van der Waals surface area contributed by atoms with Gasteiger partial charge in [0.1, 0.15) is 0 Å². The first-order chi connectivity index (χ1) is 11.7. The second-order valence-electron chi connectivity index (χ2n) is 5.17. The van der Waals surface area contributed by atoms with Crippen LogP contribution >= 0.6 is 23.5 Å². The first-order valence-corrected chi connectivity index (χ1v) is 9.71. The molecule has 0 spiro atoms. The minimum Gasteiger partial charge on any atom is -0.415 e. The number of rotatable bonds is 6. The fraction of sp³-hybridized carbons (Fsp3) is 0.235. The lowest BCUT2D eigenvalue weighted by Gasteiger charge is -2.12. The number of carbonyl (C=O) groups is 1. The van der Waals surface area contributed by atoms with Crippen molar-refractivity contribution in [1.82, 2.24) is 10.2 Å². The summed E-state index contributed by atoms with van der Waals surface area (Å²) in [5.41, 5.74) is 0.805. The predicted octanol–water partition coefficient (Wildman–Crippen LogP) is 4.21. The molecule has 7 heteroatoms. The van der Waals surface area contributed by atoms with Crippen LogP contribution in [-0.4, -0.2) is 27.6 Å². The summed E-state index contributed by atoms with van der Waals surface area (Å²) in [7, 11) is 0. The van der Waals surface area contributed by atoms with Gasteiger partial charge < -0.3 is 9.73 Å². The van der Waals surface area contributed by atoms with Crippen LogP contribution in [0, 0.1) is 0 Å². The SMILES string of the molecule is CSCc1nnc(SC(C)C(=O)Nc2cccc3ccccc23)o1. The van der Waals surface area contributed by atoms with E-state index in [-0.39, 0.29) is 11.2 Å². The molecule has 1 aromatic heterocycles. The van der Waals surface area contributed by atoms with E-state index in [0.717, 1.165) is 16.5 Å². The number of benzene rings is 2. The van der Waals surface area contributed by atoms with Crippen LogP contribution in [0.15, 0.2) is 52.1 Å². The molecular formula is C17H17N3O2S2. The van der Waals surface area contributed by atoms with Crippen LogP contribution in [0.2, 0.25) is 0 Å². The van der Waals surface area contributed by atoms with Crippen LogP contribution in [-0.2, 0) is 10.5 Å². The van der Waals surface area contributed by atoms with E-state index in [0.29, 0.717) is 16.9 Å². The van der Waals surface area contributed by atoms with Gasteiger partial charge in [-0.15, -0.1) is 10.2 Å². The van der Waals surface area contributed by atoms with Gasteiger partial charge in [0, 0.05) is 11.1 Å². The number of fused-ring (bicyclic) bond motifs is 1. The van der Waals surface area contributed by atoms with Gasteiger partial charge in [0.15, 0.2) is 0 Å². The molecule has 1 atom stereocenters. The second-order valence-corrected chi connectivity index (χ2v) is 7.33. The maximum absolute atomic E-state index is 12.5. The third-order valence-electron chi connectivity index (χ3n) is 3.41. The molecule has 0 saturated heterocycles. The molecular weight excluding hydrogens is 342 g/mol. The molecule has 24 heavy (non-hydrogen) atoms. The van der Waals surface area contributed by atoms with E-state index in [1.165, 1.54) is 11.8 Å². The molecule has 0 fully saturated rings. The van der Waals surface area contributed by atoms with Crippen LogP contribution < -0.4 is 5.32 Å². The minimum absolute atomic E-state index is 0.0963. The zero-order valence-electron chi connectivity index (χ0n) is 13.4. The quantitative estimate of drug-likeness (QED) is 0.665. The Kier molecular flexibility index (Phi) is 5.42. The van der Waals surface area contributed by atoms with Crippen LogP contribution in [0.4, 0.5) is 5.69 Å². The van der Waals surface area contributed by atoms with Crippen molar-refractivity contribution in [3.63, 3.8) is 0 Å². The van der Waals surface area contributed by atoms with Crippen molar-refractivity contribution in [2.45, 2.75) is 23.1 Å². The maximum atomic E-state index is 12.5. The number of carbonyl (C=O) groups excluding carboxylic acids is 1. The zero-order valence-corrected chi connectivity index (χ0v) is 15.0. The molecule has 124 valence electrons. The van der Waals surface area contributed by atoms with Crippen LogP contribution in [0.3, 0.4) is 0 Å². The standard InChI is InChI=1S/C17H17N3O2S2/c1-11(24-17-20-19-15(22-17)10-23-2)16(21)18-14-9-5-7-12-6-3-4-8-13(12)14/h3-9,11H,10H2,1-2H3,(H,18,21). The Morgan fingerprint density at radius 2 is 2.00 bits per heavy atom. The average Bonchev–Trinajstić information content (AvgIpc) is 3.02. The first kappa shape index (κ1) is 16.9. The fourth-order valence-electron chi connectivity index (χ4n) is 2.24. The van der Waals surface area contributed by atoms with E-state index in [4.69, 9.17) is 4.42 Å². The van der Waals surface area contributed by atoms with Gasteiger partial charge in [0.25, 0.3) is 5.22 Å².